The second-order valence-corrected chi connectivity index (χ2v) is 6.36. The first-order valence-electron chi connectivity index (χ1n) is 6.59. The Morgan fingerprint density at radius 2 is 2.00 bits per heavy atom. The number of nitrogens with zero attached hydrogens (tertiary/aromatic N) is 1. The lowest BCUT2D eigenvalue weighted by Crippen LogP contribution is -2.11. The molecule has 0 atom stereocenters. The number of aliphatic hydroxyl groups is 1. The zero-order chi connectivity index (χ0) is 14.6. The molecular formula is C16H23NO2. The van der Waals surface area contributed by atoms with E-state index in [0.717, 1.165) is 5.56 Å². The molecule has 0 aliphatic carbocycles. The molecule has 1 heterocycles. The minimum Gasteiger partial charge on any atom is -0.506 e. The lowest BCUT2D eigenvalue weighted by molar-refractivity contribution is -0.116. The molecule has 0 aliphatic heterocycles. The SMILES string of the molecule is CC(C)c1ccc(C(O)=CC(=O)CC(C)(C)C)nc1. The van der Waals surface area contributed by atoms with Crippen LogP contribution in [0.4, 0.5) is 0 Å². The van der Waals surface area contributed by atoms with Crippen molar-refractivity contribution in [2.24, 2.45) is 5.41 Å². The smallest absolute Gasteiger partial charge is 0.159 e. The van der Waals surface area contributed by atoms with Crippen LogP contribution in [0.15, 0.2) is 24.4 Å². The van der Waals surface area contributed by atoms with Crippen molar-refractivity contribution in [2.45, 2.75) is 47.0 Å². The summed E-state index contributed by atoms with van der Waals surface area (Å²) in [5.74, 6) is 0.250. The number of ketones is 1. The highest BCUT2D eigenvalue weighted by molar-refractivity contribution is 5.95. The topological polar surface area (TPSA) is 50.2 Å². The zero-order valence-corrected chi connectivity index (χ0v) is 12.4. The number of allylic oxidation sites excluding steroid dienone is 1. The molecule has 19 heavy (non-hydrogen) atoms. The summed E-state index contributed by atoms with van der Waals surface area (Å²) in [6.07, 6.45) is 3.40. The highest BCUT2D eigenvalue weighted by Crippen LogP contribution is 2.20. The number of rotatable bonds is 4. The van der Waals surface area contributed by atoms with Crippen molar-refractivity contribution >= 4 is 11.5 Å². The van der Waals surface area contributed by atoms with E-state index in [2.05, 4.69) is 18.8 Å². The van der Waals surface area contributed by atoms with Crippen LogP contribution in [-0.2, 0) is 4.79 Å². The Hall–Kier alpha value is -1.64. The van der Waals surface area contributed by atoms with Gasteiger partial charge in [0.1, 0.15) is 11.5 Å². The summed E-state index contributed by atoms with van der Waals surface area (Å²) >= 11 is 0. The van der Waals surface area contributed by atoms with Crippen LogP contribution in [0, 0.1) is 5.41 Å². The van der Waals surface area contributed by atoms with E-state index >= 15 is 0 Å². The van der Waals surface area contributed by atoms with Gasteiger partial charge in [-0.05, 0) is 23.0 Å². The normalized spacial score (nSPS) is 12.8. The molecule has 0 bridgehead atoms. The molecule has 0 radical (unpaired) electrons. The summed E-state index contributed by atoms with van der Waals surface area (Å²) in [4.78, 5) is 15.9. The first-order valence-corrected chi connectivity index (χ1v) is 6.59. The van der Waals surface area contributed by atoms with Gasteiger partial charge in [0.2, 0.25) is 0 Å². The molecule has 0 aliphatic rings. The summed E-state index contributed by atoms with van der Waals surface area (Å²) in [7, 11) is 0. The van der Waals surface area contributed by atoms with Crippen molar-refractivity contribution in [2.75, 3.05) is 0 Å². The van der Waals surface area contributed by atoms with Crippen LogP contribution in [0.3, 0.4) is 0 Å². The molecule has 1 aromatic heterocycles. The lowest BCUT2D eigenvalue weighted by Gasteiger charge is -2.15. The van der Waals surface area contributed by atoms with Gasteiger partial charge in [0.25, 0.3) is 0 Å². The van der Waals surface area contributed by atoms with Gasteiger partial charge in [-0.15, -0.1) is 0 Å². The van der Waals surface area contributed by atoms with E-state index in [1.807, 2.05) is 26.8 Å². The van der Waals surface area contributed by atoms with E-state index in [0.29, 0.717) is 18.0 Å². The van der Waals surface area contributed by atoms with Gasteiger partial charge in [-0.25, -0.2) is 0 Å². The van der Waals surface area contributed by atoms with E-state index in [1.165, 1.54) is 6.08 Å². The predicted molar refractivity (Wildman–Crippen MR) is 78.0 cm³/mol. The van der Waals surface area contributed by atoms with Crippen LogP contribution < -0.4 is 0 Å². The molecule has 0 unspecified atom stereocenters. The second kappa shape index (κ2) is 6.00. The number of carbonyl (C=O) groups excluding carboxylic acids is 1. The molecular weight excluding hydrogens is 238 g/mol. The predicted octanol–water partition coefficient (Wildman–Crippen LogP) is 4.11. The van der Waals surface area contributed by atoms with Gasteiger partial charge in [-0.3, -0.25) is 9.78 Å². The van der Waals surface area contributed by atoms with Gasteiger partial charge in [0.05, 0.1) is 0 Å². The fraction of sp³-hybridized carbons (Fsp3) is 0.500. The molecule has 1 aromatic rings. The molecule has 0 saturated carbocycles. The number of hydrogen-bond donors (Lipinski definition) is 1. The van der Waals surface area contributed by atoms with Crippen molar-refractivity contribution < 1.29 is 9.90 Å². The maximum absolute atomic E-state index is 11.8. The van der Waals surface area contributed by atoms with E-state index in [-0.39, 0.29) is 17.0 Å². The number of aliphatic hydroxyl groups excluding tert-OH is 1. The van der Waals surface area contributed by atoms with Crippen LogP contribution in [-0.4, -0.2) is 15.9 Å². The highest BCUT2D eigenvalue weighted by atomic mass is 16.3. The summed E-state index contributed by atoms with van der Waals surface area (Å²) in [5, 5.41) is 9.90. The Balaban J connectivity index is 2.82. The molecule has 3 heteroatoms. The van der Waals surface area contributed by atoms with Gasteiger partial charge < -0.3 is 5.11 Å². The third-order valence-corrected chi connectivity index (χ3v) is 2.72. The molecule has 0 saturated heterocycles. The maximum atomic E-state index is 11.8. The Labute approximate surface area is 115 Å². The first-order chi connectivity index (χ1) is 8.69. The van der Waals surface area contributed by atoms with Crippen molar-refractivity contribution in [3.05, 3.63) is 35.7 Å². The second-order valence-electron chi connectivity index (χ2n) is 6.36. The summed E-state index contributed by atoms with van der Waals surface area (Å²) in [6.45, 7) is 10.1. The molecule has 0 spiro atoms. The van der Waals surface area contributed by atoms with Crippen LogP contribution in [0.5, 0.6) is 0 Å². The van der Waals surface area contributed by atoms with E-state index < -0.39 is 0 Å². The minimum absolute atomic E-state index is 0.0652. The van der Waals surface area contributed by atoms with Crippen molar-refractivity contribution in [1.82, 2.24) is 4.98 Å². The Morgan fingerprint density at radius 1 is 1.37 bits per heavy atom. The highest BCUT2D eigenvalue weighted by Gasteiger charge is 2.15. The van der Waals surface area contributed by atoms with Gasteiger partial charge in [0, 0.05) is 18.7 Å². The lowest BCUT2D eigenvalue weighted by atomic mass is 9.90. The van der Waals surface area contributed by atoms with Crippen molar-refractivity contribution in [3.63, 3.8) is 0 Å². The van der Waals surface area contributed by atoms with Crippen molar-refractivity contribution in [3.8, 4) is 0 Å². The van der Waals surface area contributed by atoms with Gasteiger partial charge in [-0.2, -0.15) is 0 Å². The fourth-order valence-electron chi connectivity index (χ4n) is 1.70. The molecule has 3 nitrogen and oxygen atoms in total. The minimum atomic E-state index is -0.0836. The molecule has 0 amide bonds. The van der Waals surface area contributed by atoms with Crippen LogP contribution >= 0.6 is 0 Å². The molecule has 0 fully saturated rings. The van der Waals surface area contributed by atoms with Crippen LogP contribution in [0.1, 0.15) is 58.2 Å². The van der Waals surface area contributed by atoms with Crippen LogP contribution in [0.25, 0.3) is 5.76 Å². The number of carbonyl (C=O) groups is 1. The van der Waals surface area contributed by atoms with Gasteiger partial charge in [-0.1, -0.05) is 40.7 Å². The monoisotopic (exact) mass is 261 g/mol. The van der Waals surface area contributed by atoms with E-state index in [1.54, 1.807) is 12.3 Å². The fourth-order valence-corrected chi connectivity index (χ4v) is 1.70. The molecule has 104 valence electrons. The largest absolute Gasteiger partial charge is 0.506 e. The quantitative estimate of drug-likeness (QED) is 0.655. The standard InChI is InChI=1S/C16H23NO2/c1-11(2)12-6-7-14(17-10-12)15(19)8-13(18)9-16(3,4)5/h6-8,10-11,19H,9H2,1-5H3. The van der Waals surface area contributed by atoms with Gasteiger partial charge >= 0.3 is 0 Å². The third-order valence-electron chi connectivity index (χ3n) is 2.72. The maximum Gasteiger partial charge on any atom is 0.159 e. The zero-order valence-electron chi connectivity index (χ0n) is 12.4. The summed E-state index contributed by atoms with van der Waals surface area (Å²) in [5.41, 5.74) is 1.47. The molecule has 0 aromatic carbocycles. The number of aromatic nitrogens is 1. The Morgan fingerprint density at radius 3 is 2.42 bits per heavy atom. The third kappa shape index (κ3) is 5.25. The Bertz CT molecular complexity index is 465. The molecule has 1 rings (SSSR count). The van der Waals surface area contributed by atoms with E-state index in [4.69, 9.17) is 0 Å². The van der Waals surface area contributed by atoms with Crippen molar-refractivity contribution in [1.29, 1.82) is 0 Å². The first kappa shape index (κ1) is 15.4. The molecule has 1 N–H and O–H groups in total. The summed E-state index contributed by atoms with van der Waals surface area (Å²) in [6, 6.07) is 3.66. The number of hydrogen-bond acceptors (Lipinski definition) is 3. The Kier molecular flexibility index (Phi) is 4.87. The summed E-state index contributed by atoms with van der Waals surface area (Å²) < 4.78 is 0. The average Bonchev–Trinajstić information content (AvgIpc) is 2.26. The number of pyridine rings is 1. The average molecular weight is 261 g/mol. The van der Waals surface area contributed by atoms with Crippen LogP contribution in [0.2, 0.25) is 0 Å². The van der Waals surface area contributed by atoms with Gasteiger partial charge in [0.15, 0.2) is 5.78 Å². The van der Waals surface area contributed by atoms with E-state index in [9.17, 15) is 9.90 Å².